The monoisotopic (exact) mass is 400 g/mol. The summed E-state index contributed by atoms with van der Waals surface area (Å²) in [4.78, 5) is 14.1. The molecule has 1 aromatic rings. The lowest BCUT2D eigenvalue weighted by Crippen LogP contribution is -2.53. The smallest absolute Gasteiger partial charge is 0.430 e. The summed E-state index contributed by atoms with van der Waals surface area (Å²) >= 11 is 0. The van der Waals surface area contributed by atoms with Crippen molar-refractivity contribution in [1.82, 2.24) is 9.80 Å². The lowest BCUT2D eigenvalue weighted by atomic mass is 9.91. The SMILES string of the molecule is O=C(O)N1CCCN(Cc2ccc(C(O)(C(F)(F)F)C(F)(F)F)cc2)CC1. The first-order chi connectivity index (χ1) is 12.4. The van der Waals surface area contributed by atoms with Crippen LogP contribution in [0.5, 0.6) is 0 Å². The van der Waals surface area contributed by atoms with Crippen LogP contribution < -0.4 is 0 Å². The van der Waals surface area contributed by atoms with Crippen LogP contribution >= 0.6 is 0 Å². The molecular weight excluding hydrogens is 382 g/mol. The van der Waals surface area contributed by atoms with E-state index in [1.165, 1.54) is 4.90 Å². The highest BCUT2D eigenvalue weighted by molar-refractivity contribution is 5.64. The van der Waals surface area contributed by atoms with Gasteiger partial charge in [0.1, 0.15) is 0 Å². The van der Waals surface area contributed by atoms with Gasteiger partial charge in [0, 0.05) is 38.3 Å². The topological polar surface area (TPSA) is 64.0 Å². The molecule has 1 aliphatic heterocycles. The Bertz CT molecular complexity index is 646. The van der Waals surface area contributed by atoms with Gasteiger partial charge in [0.05, 0.1) is 0 Å². The zero-order valence-corrected chi connectivity index (χ0v) is 14.0. The fourth-order valence-corrected chi connectivity index (χ4v) is 2.92. The molecule has 1 aromatic carbocycles. The van der Waals surface area contributed by atoms with Crippen molar-refractivity contribution in [2.24, 2.45) is 0 Å². The van der Waals surface area contributed by atoms with Gasteiger partial charge in [-0.3, -0.25) is 4.90 Å². The van der Waals surface area contributed by atoms with Crippen LogP contribution in [0.1, 0.15) is 17.5 Å². The third-order valence-electron chi connectivity index (χ3n) is 4.46. The zero-order valence-electron chi connectivity index (χ0n) is 14.0. The van der Waals surface area contributed by atoms with E-state index >= 15 is 0 Å². The molecular formula is C16H18F6N2O3. The number of benzene rings is 1. The Balaban J connectivity index is 2.14. The summed E-state index contributed by atoms with van der Waals surface area (Å²) in [5, 5.41) is 18.3. The van der Waals surface area contributed by atoms with Gasteiger partial charge < -0.3 is 15.1 Å². The number of alkyl halides is 6. The maximum absolute atomic E-state index is 12.9. The van der Waals surface area contributed by atoms with Crippen molar-refractivity contribution < 1.29 is 41.4 Å². The van der Waals surface area contributed by atoms with Gasteiger partial charge in [-0.1, -0.05) is 24.3 Å². The van der Waals surface area contributed by atoms with Crippen LogP contribution in [0.2, 0.25) is 0 Å². The molecule has 0 bridgehead atoms. The normalized spacial score (nSPS) is 17.7. The number of hydrogen-bond acceptors (Lipinski definition) is 3. The lowest BCUT2D eigenvalue weighted by molar-refractivity contribution is -0.376. The van der Waals surface area contributed by atoms with Gasteiger partial charge in [0.2, 0.25) is 0 Å². The van der Waals surface area contributed by atoms with Crippen molar-refractivity contribution in [3.8, 4) is 0 Å². The number of amides is 1. The van der Waals surface area contributed by atoms with Crippen LogP contribution in [0, 0.1) is 0 Å². The van der Waals surface area contributed by atoms with Crippen LogP contribution in [-0.4, -0.2) is 64.6 Å². The Labute approximate surface area is 150 Å². The summed E-state index contributed by atoms with van der Waals surface area (Å²) in [7, 11) is 0. The van der Waals surface area contributed by atoms with Gasteiger partial charge in [0.15, 0.2) is 0 Å². The number of hydrogen-bond donors (Lipinski definition) is 2. The third-order valence-corrected chi connectivity index (χ3v) is 4.46. The molecule has 5 nitrogen and oxygen atoms in total. The second kappa shape index (κ2) is 7.55. The number of aliphatic hydroxyl groups is 1. The Morgan fingerprint density at radius 1 is 0.926 bits per heavy atom. The summed E-state index contributed by atoms with van der Waals surface area (Å²) in [5.41, 5.74) is -5.79. The maximum atomic E-state index is 12.9. The first kappa shape index (κ1) is 21.3. The highest BCUT2D eigenvalue weighted by Gasteiger charge is 2.71. The summed E-state index contributed by atoms with van der Waals surface area (Å²) in [6.45, 7) is 1.79. The average molecular weight is 400 g/mol. The van der Waals surface area contributed by atoms with Crippen molar-refractivity contribution in [3.63, 3.8) is 0 Å². The van der Waals surface area contributed by atoms with Gasteiger partial charge >= 0.3 is 18.4 Å². The van der Waals surface area contributed by atoms with Crippen molar-refractivity contribution in [2.45, 2.75) is 30.9 Å². The molecule has 2 N–H and O–H groups in total. The zero-order chi connectivity index (χ0) is 20.5. The molecule has 27 heavy (non-hydrogen) atoms. The fourth-order valence-electron chi connectivity index (χ4n) is 2.92. The van der Waals surface area contributed by atoms with E-state index in [2.05, 4.69) is 0 Å². The number of nitrogens with zero attached hydrogens (tertiary/aromatic N) is 2. The van der Waals surface area contributed by atoms with E-state index in [4.69, 9.17) is 5.11 Å². The van der Waals surface area contributed by atoms with Crippen LogP contribution in [0.15, 0.2) is 24.3 Å². The molecule has 0 radical (unpaired) electrons. The Hall–Kier alpha value is -2.01. The van der Waals surface area contributed by atoms with E-state index in [0.717, 1.165) is 12.1 Å². The molecule has 0 spiro atoms. The molecule has 0 unspecified atom stereocenters. The molecule has 1 fully saturated rings. The standard InChI is InChI=1S/C16H18F6N2O3/c17-15(18,19)14(27,16(20,21)22)12-4-2-11(3-5-12)10-23-6-1-7-24(9-8-23)13(25)26/h2-5,27H,1,6-10H2,(H,25,26). The molecule has 11 heteroatoms. The quantitative estimate of drug-likeness (QED) is 0.766. The van der Waals surface area contributed by atoms with E-state index in [9.17, 15) is 36.2 Å². The Morgan fingerprint density at radius 2 is 1.48 bits per heavy atom. The maximum Gasteiger partial charge on any atom is 0.430 e. The van der Waals surface area contributed by atoms with Gasteiger partial charge in [-0.2, -0.15) is 26.3 Å². The largest absolute Gasteiger partial charge is 0.465 e. The molecule has 0 aliphatic carbocycles. The number of carbonyl (C=O) groups is 1. The summed E-state index contributed by atoms with van der Waals surface area (Å²) in [6, 6.07) is 3.41. The predicted molar refractivity (Wildman–Crippen MR) is 81.9 cm³/mol. The second-order valence-electron chi connectivity index (χ2n) is 6.30. The van der Waals surface area contributed by atoms with Crippen molar-refractivity contribution >= 4 is 6.09 Å². The van der Waals surface area contributed by atoms with E-state index < -0.39 is 29.6 Å². The molecule has 1 amide bonds. The van der Waals surface area contributed by atoms with E-state index in [-0.39, 0.29) is 13.1 Å². The highest BCUT2D eigenvalue weighted by Crippen LogP contribution is 2.49. The van der Waals surface area contributed by atoms with Crippen molar-refractivity contribution in [1.29, 1.82) is 0 Å². The summed E-state index contributed by atoms with van der Waals surface area (Å²) in [6.07, 6.45) is -12.3. The lowest BCUT2D eigenvalue weighted by Gasteiger charge is -2.32. The molecule has 0 atom stereocenters. The van der Waals surface area contributed by atoms with Crippen LogP contribution in [-0.2, 0) is 12.1 Å². The van der Waals surface area contributed by atoms with Crippen LogP contribution in [0.3, 0.4) is 0 Å². The van der Waals surface area contributed by atoms with Crippen LogP contribution in [0.4, 0.5) is 31.1 Å². The highest BCUT2D eigenvalue weighted by atomic mass is 19.4. The van der Waals surface area contributed by atoms with Crippen molar-refractivity contribution in [2.75, 3.05) is 26.2 Å². The number of carboxylic acid groups (broad SMARTS) is 1. The number of rotatable bonds is 3. The van der Waals surface area contributed by atoms with E-state index in [1.807, 2.05) is 4.90 Å². The molecule has 0 aromatic heterocycles. The van der Waals surface area contributed by atoms with E-state index in [0.29, 0.717) is 43.8 Å². The minimum absolute atomic E-state index is 0.240. The molecule has 2 rings (SSSR count). The molecule has 1 heterocycles. The third kappa shape index (κ3) is 4.46. The van der Waals surface area contributed by atoms with Gasteiger partial charge in [-0.15, -0.1) is 0 Å². The summed E-state index contributed by atoms with van der Waals surface area (Å²) in [5.74, 6) is 0. The Morgan fingerprint density at radius 3 is 1.96 bits per heavy atom. The van der Waals surface area contributed by atoms with Crippen LogP contribution in [0.25, 0.3) is 0 Å². The Kier molecular flexibility index (Phi) is 5.95. The second-order valence-corrected chi connectivity index (χ2v) is 6.30. The average Bonchev–Trinajstić information content (AvgIpc) is 2.78. The molecule has 152 valence electrons. The molecule has 1 saturated heterocycles. The molecule has 1 aliphatic rings. The summed E-state index contributed by atoms with van der Waals surface area (Å²) < 4.78 is 77.3. The van der Waals surface area contributed by atoms with Gasteiger partial charge in [0.25, 0.3) is 5.60 Å². The van der Waals surface area contributed by atoms with Gasteiger partial charge in [-0.25, -0.2) is 4.79 Å². The first-order valence-electron chi connectivity index (χ1n) is 8.01. The fraction of sp³-hybridized carbons (Fsp3) is 0.562. The van der Waals surface area contributed by atoms with Crippen molar-refractivity contribution in [3.05, 3.63) is 35.4 Å². The van der Waals surface area contributed by atoms with E-state index in [1.54, 1.807) is 0 Å². The van der Waals surface area contributed by atoms with Gasteiger partial charge in [-0.05, 0) is 12.0 Å². The first-order valence-corrected chi connectivity index (χ1v) is 8.01. The number of halogens is 6. The minimum atomic E-state index is -5.92. The minimum Gasteiger partial charge on any atom is -0.465 e. The molecule has 0 saturated carbocycles. The predicted octanol–water partition coefficient (Wildman–Crippen LogP) is 3.18.